The molecule has 0 spiro atoms. The summed E-state index contributed by atoms with van der Waals surface area (Å²) in [6.07, 6.45) is 0.0647. The van der Waals surface area contributed by atoms with E-state index in [0.29, 0.717) is 6.54 Å². The van der Waals surface area contributed by atoms with Gasteiger partial charge in [0.2, 0.25) is 0 Å². The Hall–Kier alpha value is -1.40. The fourth-order valence-corrected chi connectivity index (χ4v) is 3.08. The van der Waals surface area contributed by atoms with Crippen LogP contribution in [0.4, 0.5) is 0 Å². The molecule has 0 bridgehead atoms. The van der Waals surface area contributed by atoms with Crippen molar-refractivity contribution >= 4 is 15.9 Å². The van der Waals surface area contributed by atoms with Crippen LogP contribution >= 0.6 is 15.9 Å². The van der Waals surface area contributed by atoms with E-state index in [4.69, 9.17) is 9.84 Å². The molecule has 0 amide bonds. The Morgan fingerprint density at radius 2 is 1.96 bits per heavy atom. The van der Waals surface area contributed by atoms with Crippen molar-refractivity contribution in [1.82, 2.24) is 5.32 Å². The zero-order chi connectivity index (χ0) is 17.5. The van der Waals surface area contributed by atoms with E-state index >= 15 is 0 Å². The third-order valence-corrected chi connectivity index (χ3v) is 4.50. The van der Waals surface area contributed by atoms with Crippen molar-refractivity contribution < 1.29 is 14.9 Å². The summed E-state index contributed by atoms with van der Waals surface area (Å²) in [6, 6.07) is 11.7. The van der Waals surface area contributed by atoms with Gasteiger partial charge in [-0.1, -0.05) is 34.1 Å². The van der Waals surface area contributed by atoms with Gasteiger partial charge in [0.25, 0.3) is 0 Å². The van der Waals surface area contributed by atoms with Gasteiger partial charge in [-0.05, 0) is 60.3 Å². The molecule has 0 aromatic heterocycles. The molecule has 2 aromatic rings. The second-order valence-corrected chi connectivity index (χ2v) is 6.61. The van der Waals surface area contributed by atoms with Gasteiger partial charge in [-0.15, -0.1) is 0 Å². The zero-order valence-electron chi connectivity index (χ0n) is 14.1. The quantitative estimate of drug-likeness (QED) is 0.603. The Labute approximate surface area is 151 Å². The Kier molecular flexibility index (Phi) is 7.24. The molecule has 0 aliphatic rings. The Bertz CT molecular complexity index is 676. The van der Waals surface area contributed by atoms with Crippen molar-refractivity contribution in [1.29, 1.82) is 0 Å². The topological polar surface area (TPSA) is 61.7 Å². The predicted octanol–water partition coefficient (Wildman–Crippen LogP) is 2.97. The molecule has 0 aliphatic carbocycles. The van der Waals surface area contributed by atoms with Gasteiger partial charge in [0.1, 0.15) is 11.9 Å². The number of methoxy groups -OCH3 is 1. The van der Waals surface area contributed by atoms with Crippen LogP contribution in [0, 0.1) is 6.92 Å². The standard InChI is InChI=1S/C19H24BrNO3/c1-13-3-4-15(12-18(13)24-2)19(23)17-6-5-16(20)11-14(17)7-8-21-9-10-22/h3-6,11-12,19,21-23H,7-10H2,1-2H3. The lowest BCUT2D eigenvalue weighted by Gasteiger charge is -2.18. The first-order chi connectivity index (χ1) is 11.6. The molecule has 4 nitrogen and oxygen atoms in total. The number of rotatable bonds is 8. The molecule has 1 atom stereocenters. The highest BCUT2D eigenvalue weighted by Gasteiger charge is 2.16. The second kappa shape index (κ2) is 9.18. The smallest absolute Gasteiger partial charge is 0.122 e. The summed E-state index contributed by atoms with van der Waals surface area (Å²) < 4.78 is 6.34. The molecule has 0 radical (unpaired) electrons. The molecule has 0 saturated carbocycles. The molecular formula is C19H24BrNO3. The highest BCUT2D eigenvalue weighted by molar-refractivity contribution is 9.10. The minimum absolute atomic E-state index is 0.122. The van der Waals surface area contributed by atoms with Crippen LogP contribution in [-0.4, -0.2) is 37.0 Å². The van der Waals surface area contributed by atoms with Crippen molar-refractivity contribution in [3.05, 3.63) is 63.1 Å². The Morgan fingerprint density at radius 1 is 1.17 bits per heavy atom. The van der Waals surface area contributed by atoms with E-state index in [0.717, 1.165) is 45.4 Å². The fraction of sp³-hybridized carbons (Fsp3) is 0.368. The van der Waals surface area contributed by atoms with Crippen molar-refractivity contribution in [3.63, 3.8) is 0 Å². The lowest BCUT2D eigenvalue weighted by molar-refractivity contribution is 0.218. The molecule has 0 saturated heterocycles. The number of hydrogen-bond acceptors (Lipinski definition) is 4. The summed E-state index contributed by atoms with van der Waals surface area (Å²) in [6.45, 7) is 3.42. The first kappa shape index (κ1) is 18.9. The van der Waals surface area contributed by atoms with Crippen LogP contribution in [0.2, 0.25) is 0 Å². The van der Waals surface area contributed by atoms with Gasteiger partial charge in [-0.2, -0.15) is 0 Å². The largest absolute Gasteiger partial charge is 0.496 e. The van der Waals surface area contributed by atoms with E-state index in [1.54, 1.807) is 7.11 Å². The number of halogens is 1. The van der Waals surface area contributed by atoms with E-state index in [2.05, 4.69) is 21.2 Å². The van der Waals surface area contributed by atoms with E-state index in [9.17, 15) is 5.11 Å². The van der Waals surface area contributed by atoms with E-state index in [-0.39, 0.29) is 6.61 Å². The highest BCUT2D eigenvalue weighted by Crippen LogP contribution is 2.30. The SMILES string of the molecule is COc1cc(C(O)c2ccc(Br)cc2CCNCCO)ccc1C. The summed E-state index contributed by atoms with van der Waals surface area (Å²) in [5, 5.41) is 22.9. The third kappa shape index (κ3) is 4.80. The summed E-state index contributed by atoms with van der Waals surface area (Å²) in [5.74, 6) is 0.773. The minimum atomic E-state index is -0.708. The lowest BCUT2D eigenvalue weighted by Crippen LogP contribution is -2.21. The summed E-state index contributed by atoms with van der Waals surface area (Å²) >= 11 is 3.49. The first-order valence-corrected chi connectivity index (χ1v) is 8.78. The van der Waals surface area contributed by atoms with E-state index in [1.807, 2.05) is 43.3 Å². The Balaban J connectivity index is 2.26. The lowest BCUT2D eigenvalue weighted by atomic mass is 9.94. The van der Waals surface area contributed by atoms with Crippen LogP contribution in [0.3, 0.4) is 0 Å². The number of hydrogen-bond donors (Lipinski definition) is 3. The molecule has 2 rings (SSSR count). The molecular weight excluding hydrogens is 370 g/mol. The van der Waals surface area contributed by atoms with Gasteiger partial charge in [0.05, 0.1) is 13.7 Å². The summed E-state index contributed by atoms with van der Waals surface area (Å²) in [7, 11) is 1.64. The van der Waals surface area contributed by atoms with Crippen LogP contribution in [0.25, 0.3) is 0 Å². The molecule has 24 heavy (non-hydrogen) atoms. The first-order valence-electron chi connectivity index (χ1n) is 7.99. The zero-order valence-corrected chi connectivity index (χ0v) is 15.6. The molecule has 2 aromatic carbocycles. The number of nitrogens with one attached hydrogen (secondary N) is 1. The van der Waals surface area contributed by atoms with Gasteiger partial charge in [-0.25, -0.2) is 0 Å². The summed E-state index contributed by atoms with van der Waals surface area (Å²) in [5.41, 5.74) is 3.80. The van der Waals surface area contributed by atoms with Gasteiger partial charge in [-0.3, -0.25) is 0 Å². The number of aryl methyl sites for hydroxylation is 1. The normalized spacial score (nSPS) is 12.2. The average Bonchev–Trinajstić information content (AvgIpc) is 2.59. The van der Waals surface area contributed by atoms with E-state index in [1.165, 1.54) is 0 Å². The molecule has 5 heteroatoms. The third-order valence-electron chi connectivity index (χ3n) is 4.01. The molecule has 0 heterocycles. The molecule has 3 N–H and O–H groups in total. The van der Waals surface area contributed by atoms with Crippen molar-refractivity contribution in [2.24, 2.45) is 0 Å². The molecule has 130 valence electrons. The maximum absolute atomic E-state index is 10.8. The Morgan fingerprint density at radius 3 is 2.67 bits per heavy atom. The highest BCUT2D eigenvalue weighted by atomic mass is 79.9. The monoisotopic (exact) mass is 393 g/mol. The van der Waals surface area contributed by atoms with Gasteiger partial charge < -0.3 is 20.3 Å². The summed E-state index contributed by atoms with van der Waals surface area (Å²) in [4.78, 5) is 0. The fourth-order valence-electron chi connectivity index (χ4n) is 2.67. The van der Waals surface area contributed by atoms with Gasteiger partial charge in [0, 0.05) is 11.0 Å². The number of ether oxygens (including phenoxy) is 1. The van der Waals surface area contributed by atoms with Crippen LogP contribution in [-0.2, 0) is 6.42 Å². The van der Waals surface area contributed by atoms with Crippen LogP contribution < -0.4 is 10.1 Å². The number of aliphatic hydroxyl groups is 2. The van der Waals surface area contributed by atoms with Crippen molar-refractivity contribution in [2.75, 3.05) is 26.8 Å². The van der Waals surface area contributed by atoms with Gasteiger partial charge in [0.15, 0.2) is 0 Å². The molecule has 1 unspecified atom stereocenters. The maximum Gasteiger partial charge on any atom is 0.122 e. The number of aliphatic hydroxyl groups excluding tert-OH is 2. The maximum atomic E-state index is 10.8. The van der Waals surface area contributed by atoms with E-state index < -0.39 is 6.10 Å². The minimum Gasteiger partial charge on any atom is -0.496 e. The molecule has 0 fully saturated rings. The van der Waals surface area contributed by atoms with Gasteiger partial charge >= 0.3 is 0 Å². The van der Waals surface area contributed by atoms with Crippen LogP contribution in [0.15, 0.2) is 40.9 Å². The number of benzene rings is 2. The van der Waals surface area contributed by atoms with Crippen molar-refractivity contribution in [3.8, 4) is 5.75 Å². The predicted molar refractivity (Wildman–Crippen MR) is 99.6 cm³/mol. The van der Waals surface area contributed by atoms with Crippen LogP contribution in [0.5, 0.6) is 5.75 Å². The molecule has 0 aliphatic heterocycles. The van der Waals surface area contributed by atoms with Crippen LogP contribution in [0.1, 0.15) is 28.4 Å². The second-order valence-electron chi connectivity index (χ2n) is 5.70. The van der Waals surface area contributed by atoms with Crippen molar-refractivity contribution in [2.45, 2.75) is 19.4 Å². The average molecular weight is 394 g/mol.